The van der Waals surface area contributed by atoms with Crippen molar-refractivity contribution in [3.63, 3.8) is 0 Å². The predicted octanol–water partition coefficient (Wildman–Crippen LogP) is 4.45. The number of allylic oxidation sites excluding steroid dienone is 1. The van der Waals surface area contributed by atoms with Crippen LogP contribution in [0.2, 0.25) is 0 Å². The first kappa shape index (κ1) is 23.6. The van der Waals surface area contributed by atoms with Crippen LogP contribution in [0.25, 0.3) is 0 Å². The van der Waals surface area contributed by atoms with Crippen LogP contribution in [0.3, 0.4) is 0 Å². The first-order valence-electron chi connectivity index (χ1n) is 11.5. The number of benzene rings is 1. The van der Waals surface area contributed by atoms with E-state index in [2.05, 4.69) is 16.0 Å². The second-order valence-corrected chi connectivity index (χ2v) is 8.44. The van der Waals surface area contributed by atoms with Gasteiger partial charge in [0.1, 0.15) is 0 Å². The van der Waals surface area contributed by atoms with Crippen molar-refractivity contribution < 1.29 is 19.1 Å². The molecule has 32 heavy (non-hydrogen) atoms. The van der Waals surface area contributed by atoms with E-state index >= 15 is 0 Å². The average Bonchev–Trinajstić information content (AvgIpc) is 2.79. The van der Waals surface area contributed by atoms with Gasteiger partial charge in [0.05, 0.1) is 18.7 Å². The van der Waals surface area contributed by atoms with Gasteiger partial charge in [-0.1, -0.05) is 44.7 Å². The molecule has 4 amide bonds. The third-order valence-electron chi connectivity index (χ3n) is 6.16. The van der Waals surface area contributed by atoms with Gasteiger partial charge in [0.15, 0.2) is 0 Å². The number of nitrogens with one attached hydrogen (secondary N) is 3. The summed E-state index contributed by atoms with van der Waals surface area (Å²) in [6.07, 6.45) is 7.27. The van der Waals surface area contributed by atoms with Crippen molar-refractivity contribution in [3.05, 3.63) is 41.1 Å². The lowest BCUT2D eigenvalue weighted by Gasteiger charge is -2.35. The van der Waals surface area contributed by atoms with E-state index in [1.807, 2.05) is 13.0 Å². The molecule has 0 spiro atoms. The van der Waals surface area contributed by atoms with Gasteiger partial charge in [-0.05, 0) is 43.9 Å². The maximum Gasteiger partial charge on any atom is 0.337 e. The summed E-state index contributed by atoms with van der Waals surface area (Å²) in [4.78, 5) is 39.5. The number of carbonyl (C=O) groups excluding carboxylic acids is 3. The van der Waals surface area contributed by atoms with Crippen LogP contribution in [0.1, 0.15) is 70.4 Å². The van der Waals surface area contributed by atoms with Crippen LogP contribution in [0, 0.1) is 0 Å². The summed E-state index contributed by atoms with van der Waals surface area (Å²) in [5.74, 6) is -0.484. The number of rotatable bonds is 7. The molecule has 8 heteroatoms. The Morgan fingerprint density at radius 1 is 1.22 bits per heavy atom. The topological polar surface area (TPSA) is 99.8 Å². The maximum absolute atomic E-state index is 12.8. The molecule has 0 aromatic heterocycles. The van der Waals surface area contributed by atoms with Crippen molar-refractivity contribution in [3.8, 4) is 0 Å². The Labute approximate surface area is 189 Å². The van der Waals surface area contributed by atoms with E-state index in [9.17, 15) is 14.4 Å². The molecule has 0 radical (unpaired) electrons. The Kier molecular flexibility index (Phi) is 8.14. The second kappa shape index (κ2) is 11.0. The number of urea groups is 2. The Morgan fingerprint density at radius 2 is 1.97 bits per heavy atom. The quantitative estimate of drug-likeness (QED) is 0.543. The van der Waals surface area contributed by atoms with Crippen LogP contribution in [-0.2, 0) is 9.53 Å². The van der Waals surface area contributed by atoms with E-state index in [4.69, 9.17) is 4.74 Å². The SMILES string of the molecule is CCCCN1C(=O)NC(c2cccc(NC(=O)NC3CCCCC3)c2)C(C(=O)OC)=C1C. The molecule has 1 aliphatic carbocycles. The van der Waals surface area contributed by atoms with Crippen LogP contribution in [0.4, 0.5) is 15.3 Å². The first-order chi connectivity index (χ1) is 15.4. The number of nitrogens with zero attached hydrogens (tertiary/aromatic N) is 1. The number of methoxy groups -OCH3 is 1. The zero-order valence-corrected chi connectivity index (χ0v) is 19.2. The fourth-order valence-electron chi connectivity index (χ4n) is 4.39. The molecule has 1 fully saturated rings. The van der Waals surface area contributed by atoms with Gasteiger partial charge in [0.25, 0.3) is 0 Å². The Balaban J connectivity index is 1.81. The molecule has 0 saturated heterocycles. The third-order valence-corrected chi connectivity index (χ3v) is 6.16. The zero-order valence-electron chi connectivity index (χ0n) is 19.2. The lowest BCUT2D eigenvalue weighted by Crippen LogP contribution is -2.48. The van der Waals surface area contributed by atoms with Gasteiger partial charge in [-0.15, -0.1) is 0 Å². The molecule has 3 N–H and O–H groups in total. The van der Waals surface area contributed by atoms with E-state index in [0.717, 1.165) is 38.5 Å². The lowest BCUT2D eigenvalue weighted by atomic mass is 9.94. The molecule has 1 saturated carbocycles. The summed E-state index contributed by atoms with van der Waals surface area (Å²) in [5.41, 5.74) is 2.28. The van der Waals surface area contributed by atoms with E-state index < -0.39 is 12.0 Å². The zero-order chi connectivity index (χ0) is 23.1. The van der Waals surface area contributed by atoms with Crippen molar-refractivity contribution in [2.45, 2.75) is 70.9 Å². The largest absolute Gasteiger partial charge is 0.466 e. The minimum Gasteiger partial charge on any atom is -0.466 e. The van der Waals surface area contributed by atoms with Crippen LogP contribution >= 0.6 is 0 Å². The smallest absolute Gasteiger partial charge is 0.337 e. The highest BCUT2D eigenvalue weighted by molar-refractivity contribution is 5.95. The molecular formula is C24H34N4O4. The van der Waals surface area contributed by atoms with Gasteiger partial charge < -0.3 is 20.7 Å². The molecule has 1 atom stereocenters. The molecular weight excluding hydrogens is 408 g/mol. The van der Waals surface area contributed by atoms with Crippen LogP contribution in [0.5, 0.6) is 0 Å². The van der Waals surface area contributed by atoms with Crippen molar-refractivity contribution in [1.82, 2.24) is 15.5 Å². The van der Waals surface area contributed by atoms with Gasteiger partial charge in [-0.25, -0.2) is 14.4 Å². The monoisotopic (exact) mass is 442 g/mol. The summed E-state index contributed by atoms with van der Waals surface area (Å²) in [5, 5.41) is 8.85. The number of carbonyl (C=O) groups is 3. The summed E-state index contributed by atoms with van der Waals surface area (Å²) in [6.45, 7) is 4.35. The highest BCUT2D eigenvalue weighted by atomic mass is 16.5. The highest BCUT2D eigenvalue weighted by Gasteiger charge is 2.36. The minimum absolute atomic E-state index is 0.204. The van der Waals surface area contributed by atoms with Gasteiger partial charge in [-0.2, -0.15) is 0 Å². The number of ether oxygens (including phenoxy) is 1. The molecule has 2 aliphatic rings. The molecule has 8 nitrogen and oxygen atoms in total. The van der Waals surface area contributed by atoms with Crippen LogP contribution in [0.15, 0.2) is 35.5 Å². The molecule has 3 rings (SSSR count). The number of hydrogen-bond acceptors (Lipinski definition) is 4. The van der Waals surface area contributed by atoms with Gasteiger partial charge in [0, 0.05) is 24.0 Å². The highest BCUT2D eigenvalue weighted by Crippen LogP contribution is 2.32. The lowest BCUT2D eigenvalue weighted by molar-refractivity contribution is -0.136. The van der Waals surface area contributed by atoms with Gasteiger partial charge in [-0.3, -0.25) is 4.90 Å². The van der Waals surface area contributed by atoms with E-state index in [-0.39, 0.29) is 18.1 Å². The van der Waals surface area contributed by atoms with Gasteiger partial charge in [0.2, 0.25) is 0 Å². The number of unbranched alkanes of at least 4 members (excludes halogenated alkanes) is 1. The minimum atomic E-state index is -0.656. The molecule has 1 aromatic carbocycles. The van der Waals surface area contributed by atoms with Crippen molar-refractivity contribution in [2.75, 3.05) is 19.0 Å². The molecule has 1 aliphatic heterocycles. The van der Waals surface area contributed by atoms with E-state index in [1.165, 1.54) is 13.5 Å². The van der Waals surface area contributed by atoms with E-state index in [1.54, 1.807) is 30.0 Å². The summed E-state index contributed by atoms with van der Waals surface area (Å²) >= 11 is 0. The first-order valence-corrected chi connectivity index (χ1v) is 11.5. The third kappa shape index (κ3) is 5.60. The molecule has 0 bridgehead atoms. The summed E-state index contributed by atoms with van der Waals surface area (Å²) in [6, 6.07) is 6.25. The van der Waals surface area contributed by atoms with Crippen LogP contribution in [-0.4, -0.2) is 42.6 Å². The maximum atomic E-state index is 12.8. The second-order valence-electron chi connectivity index (χ2n) is 8.44. The van der Waals surface area contributed by atoms with Crippen molar-refractivity contribution in [1.29, 1.82) is 0 Å². The molecule has 1 aromatic rings. The predicted molar refractivity (Wildman–Crippen MR) is 123 cm³/mol. The number of anilines is 1. The molecule has 1 heterocycles. The number of amides is 4. The summed E-state index contributed by atoms with van der Waals surface area (Å²) in [7, 11) is 1.33. The fourth-order valence-corrected chi connectivity index (χ4v) is 4.39. The Morgan fingerprint density at radius 3 is 2.66 bits per heavy atom. The molecule has 1 unspecified atom stereocenters. The standard InChI is InChI=1S/C24H34N4O4/c1-4-5-14-28-16(2)20(22(29)32-3)21(27-24(28)31)17-10-9-13-19(15-17)26-23(30)25-18-11-7-6-8-12-18/h9-10,13,15,18,21H,4-8,11-12,14H2,1-3H3,(H,27,31)(H2,25,26,30). The normalized spacial score (nSPS) is 19.4. The van der Waals surface area contributed by atoms with Crippen molar-refractivity contribution >= 4 is 23.7 Å². The molecule has 174 valence electrons. The number of esters is 1. The Hall–Kier alpha value is -3.03. The van der Waals surface area contributed by atoms with E-state index in [0.29, 0.717) is 29.1 Å². The fraction of sp³-hybridized carbons (Fsp3) is 0.542. The average molecular weight is 443 g/mol. The summed E-state index contributed by atoms with van der Waals surface area (Å²) < 4.78 is 5.02. The van der Waals surface area contributed by atoms with Crippen LogP contribution < -0.4 is 16.0 Å². The van der Waals surface area contributed by atoms with Gasteiger partial charge >= 0.3 is 18.0 Å². The van der Waals surface area contributed by atoms with Crippen molar-refractivity contribution in [2.24, 2.45) is 0 Å². The Bertz CT molecular complexity index is 877. The number of hydrogen-bond donors (Lipinski definition) is 3.